The maximum Gasteiger partial charge on any atom is 0.325 e. The van der Waals surface area contributed by atoms with Crippen LogP contribution in [0.3, 0.4) is 0 Å². The summed E-state index contributed by atoms with van der Waals surface area (Å²) in [6.07, 6.45) is 2.25. The average molecular weight is 362 g/mol. The number of nitrogens with one attached hydrogen (secondary N) is 3. The standard InChI is InChI=1S/C14H26N4O5S/c1-7(15)11(19)18-10(5-6-24-4)13(21)16-8(2)12(20)17-9(3)14(22)23/h7-10H,5-6,15H2,1-4H3,(H,16,21)(H,17,20)(H,18,19)(H,22,23). The van der Waals surface area contributed by atoms with Gasteiger partial charge < -0.3 is 26.8 Å². The summed E-state index contributed by atoms with van der Waals surface area (Å²) >= 11 is 1.51. The number of carboxylic acids is 1. The molecule has 0 aliphatic heterocycles. The molecule has 4 unspecified atom stereocenters. The molecule has 6 N–H and O–H groups in total. The van der Waals surface area contributed by atoms with Crippen LogP contribution in [0.1, 0.15) is 27.2 Å². The normalized spacial score (nSPS) is 15.5. The molecule has 0 radical (unpaired) electrons. The quantitative estimate of drug-likeness (QED) is 0.323. The Bertz CT molecular complexity index is 472. The first-order chi connectivity index (χ1) is 11.1. The highest BCUT2D eigenvalue weighted by molar-refractivity contribution is 7.98. The van der Waals surface area contributed by atoms with Crippen LogP contribution in [0.25, 0.3) is 0 Å². The lowest BCUT2D eigenvalue weighted by molar-refractivity contribution is -0.141. The molecule has 0 saturated heterocycles. The Morgan fingerprint density at radius 3 is 1.96 bits per heavy atom. The van der Waals surface area contributed by atoms with E-state index in [1.165, 1.54) is 32.5 Å². The third-order valence-electron chi connectivity index (χ3n) is 3.14. The summed E-state index contributed by atoms with van der Waals surface area (Å²) in [4.78, 5) is 46.6. The van der Waals surface area contributed by atoms with Crippen LogP contribution in [0.4, 0.5) is 0 Å². The Hall–Kier alpha value is -1.81. The number of thioether (sulfide) groups is 1. The monoisotopic (exact) mass is 362 g/mol. The minimum absolute atomic E-state index is 0.380. The smallest absolute Gasteiger partial charge is 0.325 e. The number of rotatable bonds is 10. The van der Waals surface area contributed by atoms with Crippen molar-refractivity contribution in [2.24, 2.45) is 5.73 Å². The van der Waals surface area contributed by atoms with Gasteiger partial charge in [0.1, 0.15) is 18.1 Å². The van der Waals surface area contributed by atoms with Crippen molar-refractivity contribution in [1.29, 1.82) is 0 Å². The zero-order valence-corrected chi connectivity index (χ0v) is 15.1. The minimum Gasteiger partial charge on any atom is -0.480 e. The fourth-order valence-corrected chi connectivity index (χ4v) is 2.06. The molecule has 0 saturated carbocycles. The number of carbonyl (C=O) groups is 4. The van der Waals surface area contributed by atoms with Crippen LogP contribution in [-0.2, 0) is 19.2 Å². The number of aliphatic carboxylic acids is 1. The Morgan fingerprint density at radius 2 is 1.50 bits per heavy atom. The second kappa shape index (κ2) is 10.9. The molecule has 0 aromatic carbocycles. The van der Waals surface area contributed by atoms with Crippen molar-refractivity contribution >= 4 is 35.5 Å². The topological polar surface area (TPSA) is 151 Å². The van der Waals surface area contributed by atoms with Gasteiger partial charge in [0, 0.05) is 0 Å². The summed E-state index contributed by atoms with van der Waals surface area (Å²) in [5, 5.41) is 16.0. The molecule has 0 heterocycles. The molecule has 4 atom stereocenters. The second-order valence-corrected chi connectivity index (χ2v) is 6.42. The molecular weight excluding hydrogens is 336 g/mol. The van der Waals surface area contributed by atoms with Crippen LogP contribution in [0.2, 0.25) is 0 Å². The van der Waals surface area contributed by atoms with Gasteiger partial charge in [-0.25, -0.2) is 0 Å². The zero-order valence-electron chi connectivity index (χ0n) is 14.3. The van der Waals surface area contributed by atoms with E-state index < -0.39 is 47.9 Å². The summed E-state index contributed by atoms with van der Waals surface area (Å²) in [6.45, 7) is 4.25. The highest BCUT2D eigenvalue weighted by atomic mass is 32.2. The van der Waals surface area contributed by atoms with Gasteiger partial charge in [-0.15, -0.1) is 0 Å². The van der Waals surface area contributed by atoms with Gasteiger partial charge in [0.05, 0.1) is 6.04 Å². The van der Waals surface area contributed by atoms with Crippen LogP contribution in [0, 0.1) is 0 Å². The molecule has 9 nitrogen and oxygen atoms in total. The molecule has 0 aliphatic carbocycles. The SMILES string of the molecule is CSCCC(NC(=O)C(C)N)C(=O)NC(C)C(=O)NC(C)C(=O)O. The second-order valence-electron chi connectivity index (χ2n) is 5.43. The number of hydrogen-bond donors (Lipinski definition) is 5. The zero-order chi connectivity index (χ0) is 18.9. The molecule has 10 heteroatoms. The lowest BCUT2D eigenvalue weighted by atomic mass is 10.1. The summed E-state index contributed by atoms with van der Waals surface area (Å²) in [5.41, 5.74) is 5.48. The Kier molecular flexibility index (Phi) is 10.0. The van der Waals surface area contributed by atoms with Gasteiger partial charge in [-0.3, -0.25) is 19.2 Å². The summed E-state index contributed by atoms with van der Waals surface area (Å²) < 4.78 is 0. The van der Waals surface area contributed by atoms with Crippen molar-refractivity contribution in [3.8, 4) is 0 Å². The highest BCUT2D eigenvalue weighted by Crippen LogP contribution is 2.02. The first kappa shape index (κ1) is 22.2. The van der Waals surface area contributed by atoms with Crippen molar-refractivity contribution in [3.05, 3.63) is 0 Å². The molecule has 0 rings (SSSR count). The van der Waals surface area contributed by atoms with Gasteiger partial charge in [0.15, 0.2) is 0 Å². The van der Waals surface area contributed by atoms with Crippen LogP contribution in [0.5, 0.6) is 0 Å². The Balaban J connectivity index is 4.75. The maximum atomic E-state index is 12.3. The van der Waals surface area contributed by atoms with Crippen LogP contribution < -0.4 is 21.7 Å². The van der Waals surface area contributed by atoms with E-state index in [-0.39, 0.29) is 0 Å². The van der Waals surface area contributed by atoms with E-state index in [2.05, 4.69) is 16.0 Å². The van der Waals surface area contributed by atoms with Crippen LogP contribution in [-0.4, -0.2) is 65.0 Å². The number of carboxylic acid groups (broad SMARTS) is 1. The van der Waals surface area contributed by atoms with E-state index in [9.17, 15) is 19.2 Å². The summed E-state index contributed by atoms with van der Waals surface area (Å²) in [6, 6.07) is -3.58. The van der Waals surface area contributed by atoms with Crippen molar-refractivity contribution in [3.63, 3.8) is 0 Å². The molecule has 0 aliphatic rings. The van der Waals surface area contributed by atoms with Crippen LogP contribution >= 0.6 is 11.8 Å². The first-order valence-electron chi connectivity index (χ1n) is 7.48. The molecule has 0 fully saturated rings. The van der Waals surface area contributed by atoms with E-state index >= 15 is 0 Å². The lowest BCUT2D eigenvalue weighted by Crippen LogP contribution is -2.55. The third kappa shape index (κ3) is 8.16. The van der Waals surface area contributed by atoms with E-state index in [1.54, 1.807) is 0 Å². The largest absolute Gasteiger partial charge is 0.480 e. The van der Waals surface area contributed by atoms with E-state index in [1.807, 2.05) is 6.26 Å². The number of hydrogen-bond acceptors (Lipinski definition) is 6. The van der Waals surface area contributed by atoms with E-state index in [0.717, 1.165) is 0 Å². The predicted octanol–water partition coefficient (Wildman–Crippen LogP) is -1.33. The molecule has 24 heavy (non-hydrogen) atoms. The van der Waals surface area contributed by atoms with Crippen LogP contribution in [0.15, 0.2) is 0 Å². The Morgan fingerprint density at radius 1 is 0.958 bits per heavy atom. The van der Waals surface area contributed by atoms with E-state index in [4.69, 9.17) is 10.8 Å². The molecule has 0 aromatic rings. The molecular formula is C14H26N4O5S. The molecule has 0 bridgehead atoms. The number of carbonyl (C=O) groups excluding carboxylic acids is 3. The maximum absolute atomic E-state index is 12.3. The Labute approximate surface area is 145 Å². The van der Waals surface area contributed by atoms with Crippen molar-refractivity contribution < 1.29 is 24.3 Å². The van der Waals surface area contributed by atoms with Gasteiger partial charge >= 0.3 is 5.97 Å². The van der Waals surface area contributed by atoms with Gasteiger partial charge in [-0.2, -0.15) is 11.8 Å². The predicted molar refractivity (Wildman–Crippen MR) is 91.4 cm³/mol. The molecule has 0 spiro atoms. The molecule has 0 aromatic heterocycles. The van der Waals surface area contributed by atoms with Gasteiger partial charge in [-0.1, -0.05) is 0 Å². The average Bonchev–Trinajstić information content (AvgIpc) is 2.50. The molecule has 3 amide bonds. The summed E-state index contributed by atoms with van der Waals surface area (Å²) in [7, 11) is 0. The van der Waals surface area contributed by atoms with Gasteiger partial charge in [0.25, 0.3) is 0 Å². The highest BCUT2D eigenvalue weighted by Gasteiger charge is 2.26. The van der Waals surface area contributed by atoms with Crippen molar-refractivity contribution in [2.75, 3.05) is 12.0 Å². The fourth-order valence-electron chi connectivity index (χ4n) is 1.59. The first-order valence-corrected chi connectivity index (χ1v) is 8.88. The number of amides is 3. The lowest BCUT2D eigenvalue weighted by Gasteiger charge is -2.22. The van der Waals surface area contributed by atoms with Crippen molar-refractivity contribution in [1.82, 2.24) is 16.0 Å². The van der Waals surface area contributed by atoms with Gasteiger partial charge in [-0.05, 0) is 39.2 Å². The minimum atomic E-state index is -1.18. The number of nitrogens with two attached hydrogens (primary N) is 1. The van der Waals surface area contributed by atoms with E-state index in [0.29, 0.717) is 12.2 Å². The summed E-state index contributed by atoms with van der Waals surface area (Å²) in [5.74, 6) is -2.16. The molecule has 138 valence electrons. The van der Waals surface area contributed by atoms with Gasteiger partial charge in [0.2, 0.25) is 17.7 Å². The van der Waals surface area contributed by atoms with Crippen molar-refractivity contribution in [2.45, 2.75) is 51.4 Å². The fraction of sp³-hybridized carbons (Fsp3) is 0.714. The third-order valence-corrected chi connectivity index (χ3v) is 3.78.